The number of phenols is 2. The fourth-order valence-corrected chi connectivity index (χ4v) is 3.36. The molecule has 1 aromatic heterocycles. The Bertz CT molecular complexity index is 1060. The summed E-state index contributed by atoms with van der Waals surface area (Å²) in [7, 11) is 0. The van der Waals surface area contributed by atoms with Crippen LogP contribution in [-0.4, -0.2) is 31.3 Å². The second-order valence-electron chi connectivity index (χ2n) is 5.53. The highest BCUT2D eigenvalue weighted by Crippen LogP contribution is 2.26. The standard InChI is InChI=1S/C19H16N2O4S/c1-2-9-21-18(25)13-5-3-4-6-14(13)20-19(21)26-11-17(24)12-7-8-15(22)16(23)10-12/h2-8,10,22-23H,1,9,11H2. The van der Waals surface area contributed by atoms with Crippen molar-refractivity contribution in [1.29, 1.82) is 0 Å². The van der Waals surface area contributed by atoms with Gasteiger partial charge in [-0.2, -0.15) is 0 Å². The third-order valence-corrected chi connectivity index (χ3v) is 4.74. The van der Waals surface area contributed by atoms with Gasteiger partial charge >= 0.3 is 0 Å². The zero-order valence-electron chi connectivity index (χ0n) is 13.8. The summed E-state index contributed by atoms with van der Waals surface area (Å²) in [4.78, 5) is 29.5. The molecule has 2 aromatic carbocycles. The second kappa shape index (κ2) is 7.45. The molecule has 0 aliphatic rings. The summed E-state index contributed by atoms with van der Waals surface area (Å²) in [5.74, 6) is -0.858. The normalized spacial score (nSPS) is 10.8. The van der Waals surface area contributed by atoms with E-state index in [0.717, 1.165) is 11.8 Å². The molecule has 6 nitrogen and oxygen atoms in total. The Labute approximate surface area is 153 Å². The molecule has 0 amide bonds. The van der Waals surface area contributed by atoms with Gasteiger partial charge in [-0.05, 0) is 30.3 Å². The Morgan fingerprint density at radius 1 is 1.19 bits per heavy atom. The topological polar surface area (TPSA) is 92.4 Å². The maximum absolute atomic E-state index is 12.7. The lowest BCUT2D eigenvalue weighted by atomic mass is 10.1. The molecule has 0 saturated carbocycles. The number of para-hydroxylation sites is 1. The largest absolute Gasteiger partial charge is 0.504 e. The van der Waals surface area contributed by atoms with Crippen molar-refractivity contribution in [2.45, 2.75) is 11.7 Å². The van der Waals surface area contributed by atoms with Crippen molar-refractivity contribution >= 4 is 28.4 Å². The van der Waals surface area contributed by atoms with Crippen molar-refractivity contribution in [2.24, 2.45) is 0 Å². The van der Waals surface area contributed by atoms with Crippen molar-refractivity contribution in [3.8, 4) is 11.5 Å². The molecule has 3 aromatic rings. The van der Waals surface area contributed by atoms with Crippen LogP contribution in [0, 0.1) is 0 Å². The average molecular weight is 368 g/mol. The van der Waals surface area contributed by atoms with Crippen molar-refractivity contribution in [3.63, 3.8) is 0 Å². The van der Waals surface area contributed by atoms with Crippen molar-refractivity contribution in [2.75, 3.05) is 5.75 Å². The Kier molecular flexibility index (Phi) is 5.09. The Hall–Kier alpha value is -3.06. The highest BCUT2D eigenvalue weighted by atomic mass is 32.2. The predicted octanol–water partition coefficient (Wildman–Crippen LogP) is 2.97. The fourth-order valence-electron chi connectivity index (χ4n) is 2.46. The molecule has 0 fully saturated rings. The minimum Gasteiger partial charge on any atom is -0.504 e. The number of rotatable bonds is 6. The van der Waals surface area contributed by atoms with E-state index in [1.54, 1.807) is 30.3 Å². The molecule has 0 unspecified atom stereocenters. The van der Waals surface area contributed by atoms with Crippen LogP contribution in [0.4, 0.5) is 0 Å². The molecule has 0 saturated heterocycles. The van der Waals surface area contributed by atoms with Crippen LogP contribution >= 0.6 is 11.8 Å². The minimum absolute atomic E-state index is 0.0339. The van der Waals surface area contributed by atoms with Crippen LogP contribution in [-0.2, 0) is 6.54 Å². The molecule has 1 heterocycles. The van der Waals surface area contributed by atoms with Gasteiger partial charge in [0.15, 0.2) is 22.4 Å². The first kappa shape index (κ1) is 17.8. The monoisotopic (exact) mass is 368 g/mol. The lowest BCUT2D eigenvalue weighted by Crippen LogP contribution is -2.23. The number of thioether (sulfide) groups is 1. The number of carbonyl (C=O) groups excluding carboxylic acids is 1. The number of nitrogens with zero attached hydrogens (tertiary/aromatic N) is 2. The number of hydrogen-bond acceptors (Lipinski definition) is 6. The summed E-state index contributed by atoms with van der Waals surface area (Å²) in [6.45, 7) is 3.95. The molecule has 0 bridgehead atoms. The molecular weight excluding hydrogens is 352 g/mol. The van der Waals surface area contributed by atoms with Crippen molar-refractivity contribution in [1.82, 2.24) is 9.55 Å². The summed E-state index contributed by atoms with van der Waals surface area (Å²) >= 11 is 1.14. The molecule has 0 spiro atoms. The van der Waals surface area contributed by atoms with E-state index in [4.69, 9.17) is 0 Å². The number of ketones is 1. The van der Waals surface area contributed by atoms with E-state index in [1.807, 2.05) is 0 Å². The molecule has 0 atom stereocenters. The molecule has 0 aliphatic carbocycles. The zero-order chi connectivity index (χ0) is 18.7. The number of aromatic nitrogens is 2. The maximum Gasteiger partial charge on any atom is 0.262 e. The van der Waals surface area contributed by atoms with Gasteiger partial charge in [0.1, 0.15) is 0 Å². The second-order valence-corrected chi connectivity index (χ2v) is 6.47. The highest BCUT2D eigenvalue weighted by molar-refractivity contribution is 7.99. The SMILES string of the molecule is C=CCn1c(SCC(=O)c2ccc(O)c(O)c2)nc2ccccc2c1=O. The van der Waals surface area contributed by atoms with Gasteiger partial charge in [0.05, 0.1) is 16.7 Å². The molecule has 0 aliphatic heterocycles. The Morgan fingerprint density at radius 3 is 2.69 bits per heavy atom. The summed E-state index contributed by atoms with van der Waals surface area (Å²) < 4.78 is 1.47. The molecular formula is C19H16N2O4S. The van der Waals surface area contributed by atoms with Crippen LogP contribution in [0.1, 0.15) is 10.4 Å². The Balaban J connectivity index is 1.91. The van der Waals surface area contributed by atoms with Crippen molar-refractivity contribution in [3.05, 3.63) is 71.0 Å². The summed E-state index contributed by atoms with van der Waals surface area (Å²) in [5, 5.41) is 19.8. The first-order valence-electron chi connectivity index (χ1n) is 7.79. The average Bonchev–Trinajstić information content (AvgIpc) is 2.64. The lowest BCUT2D eigenvalue weighted by Gasteiger charge is -2.11. The van der Waals surface area contributed by atoms with Crippen LogP contribution in [0.25, 0.3) is 10.9 Å². The number of aromatic hydroxyl groups is 2. The van der Waals surface area contributed by atoms with Gasteiger partial charge in [-0.25, -0.2) is 4.98 Å². The van der Waals surface area contributed by atoms with Gasteiger partial charge in [-0.15, -0.1) is 6.58 Å². The van der Waals surface area contributed by atoms with E-state index in [1.165, 1.54) is 22.8 Å². The number of benzene rings is 2. The number of carbonyl (C=O) groups is 1. The number of fused-ring (bicyclic) bond motifs is 1. The van der Waals surface area contributed by atoms with E-state index >= 15 is 0 Å². The van der Waals surface area contributed by atoms with E-state index in [2.05, 4.69) is 11.6 Å². The summed E-state index contributed by atoms with van der Waals surface area (Å²) in [6.07, 6.45) is 1.60. The third-order valence-electron chi connectivity index (χ3n) is 3.77. The van der Waals surface area contributed by atoms with E-state index in [9.17, 15) is 19.8 Å². The molecule has 26 heavy (non-hydrogen) atoms. The van der Waals surface area contributed by atoms with Gasteiger partial charge in [0.25, 0.3) is 5.56 Å². The first-order valence-corrected chi connectivity index (χ1v) is 8.78. The molecule has 7 heteroatoms. The van der Waals surface area contributed by atoms with Crippen LogP contribution in [0.15, 0.2) is 65.1 Å². The molecule has 2 N–H and O–H groups in total. The van der Waals surface area contributed by atoms with Crippen LogP contribution in [0.3, 0.4) is 0 Å². The number of phenolic OH excluding ortho intramolecular Hbond substituents is 2. The Morgan fingerprint density at radius 2 is 1.96 bits per heavy atom. The highest BCUT2D eigenvalue weighted by Gasteiger charge is 2.14. The van der Waals surface area contributed by atoms with Gasteiger partial charge in [-0.1, -0.05) is 30.0 Å². The predicted molar refractivity (Wildman–Crippen MR) is 101 cm³/mol. The lowest BCUT2D eigenvalue weighted by molar-refractivity contribution is 0.102. The molecule has 0 radical (unpaired) electrons. The fraction of sp³-hybridized carbons (Fsp3) is 0.105. The van der Waals surface area contributed by atoms with Gasteiger partial charge in [-0.3, -0.25) is 14.2 Å². The van der Waals surface area contributed by atoms with Gasteiger partial charge in [0, 0.05) is 12.1 Å². The zero-order valence-corrected chi connectivity index (χ0v) is 14.6. The summed E-state index contributed by atoms with van der Waals surface area (Å²) in [5.41, 5.74) is 0.647. The van der Waals surface area contributed by atoms with Crippen molar-refractivity contribution < 1.29 is 15.0 Å². The molecule has 132 valence electrons. The van der Waals surface area contributed by atoms with Gasteiger partial charge in [0.2, 0.25) is 0 Å². The smallest absolute Gasteiger partial charge is 0.262 e. The van der Waals surface area contributed by atoms with Crippen LogP contribution < -0.4 is 5.56 Å². The number of hydrogen-bond donors (Lipinski definition) is 2. The maximum atomic E-state index is 12.7. The number of Topliss-reactive ketones (excluding diaryl/α,β-unsaturated/α-hetero) is 1. The summed E-state index contributed by atoms with van der Waals surface area (Å²) in [6, 6.07) is 10.9. The minimum atomic E-state index is -0.353. The van der Waals surface area contributed by atoms with E-state index in [0.29, 0.717) is 16.1 Å². The quantitative estimate of drug-likeness (QED) is 0.228. The van der Waals surface area contributed by atoms with E-state index in [-0.39, 0.29) is 40.7 Å². The van der Waals surface area contributed by atoms with Crippen LogP contribution in [0.5, 0.6) is 11.5 Å². The third kappa shape index (κ3) is 3.48. The first-order chi connectivity index (χ1) is 12.5. The van der Waals surface area contributed by atoms with Gasteiger partial charge < -0.3 is 10.2 Å². The molecule has 3 rings (SSSR count). The number of allylic oxidation sites excluding steroid dienone is 1. The van der Waals surface area contributed by atoms with Crippen LogP contribution in [0.2, 0.25) is 0 Å². The van der Waals surface area contributed by atoms with E-state index < -0.39 is 0 Å².